The van der Waals surface area contributed by atoms with Crippen LogP contribution in [0, 0.1) is 10.8 Å². The first-order valence-corrected chi connectivity index (χ1v) is 2.30. The van der Waals surface area contributed by atoms with Crippen LogP contribution in [-0.2, 0) is 0 Å². The normalized spacial score (nSPS) is 18.4. The van der Waals surface area contributed by atoms with Gasteiger partial charge in [-0.1, -0.05) is 0 Å². The molecular weight excluding hydrogens is 102 g/mol. The van der Waals surface area contributed by atoms with Gasteiger partial charge in [0, 0.05) is 13.2 Å². The Balaban J connectivity index is 2.85. The smallest absolute Gasteiger partial charge is 0.150 e. The molecule has 0 aromatic heterocycles. The lowest BCUT2D eigenvalue weighted by Crippen LogP contribution is -2.19. The van der Waals surface area contributed by atoms with Crippen LogP contribution in [0.4, 0.5) is 0 Å². The van der Waals surface area contributed by atoms with Crippen molar-refractivity contribution in [3.63, 3.8) is 0 Å². The fourth-order valence-electron chi connectivity index (χ4n) is 0.530. The molecule has 0 saturated heterocycles. The second kappa shape index (κ2) is 1.43. The van der Waals surface area contributed by atoms with Crippen molar-refractivity contribution >= 4 is 11.5 Å². The van der Waals surface area contributed by atoms with E-state index in [1.807, 2.05) is 0 Å². The minimum absolute atomic E-state index is 0.269. The molecule has 8 heavy (non-hydrogen) atoms. The van der Waals surface area contributed by atoms with Crippen molar-refractivity contribution in [3.8, 4) is 0 Å². The molecule has 0 aliphatic carbocycles. The number of hydrogen-bond donors (Lipinski definition) is 2. The lowest BCUT2D eigenvalue weighted by molar-refractivity contribution is 0.703. The van der Waals surface area contributed by atoms with Crippen LogP contribution >= 0.6 is 0 Å². The van der Waals surface area contributed by atoms with Crippen LogP contribution in [-0.4, -0.2) is 23.5 Å². The maximum Gasteiger partial charge on any atom is 0.150 e. The minimum atomic E-state index is 0.269. The molecule has 2 N–H and O–H groups in total. The van der Waals surface area contributed by atoms with Gasteiger partial charge in [-0.15, -0.1) is 0 Å². The Bertz CT molecular complexity index is 169. The second-order valence-corrected chi connectivity index (χ2v) is 1.69. The SMILES string of the molecule is CN1C=CC(=N)C1=N. The Labute approximate surface area is 47.6 Å². The summed E-state index contributed by atoms with van der Waals surface area (Å²) < 4.78 is 0. The van der Waals surface area contributed by atoms with E-state index in [9.17, 15) is 0 Å². The quantitative estimate of drug-likeness (QED) is 0.466. The minimum Gasteiger partial charge on any atom is -0.335 e. The highest BCUT2D eigenvalue weighted by Gasteiger charge is 2.10. The summed E-state index contributed by atoms with van der Waals surface area (Å²) >= 11 is 0. The Morgan fingerprint density at radius 1 is 1.50 bits per heavy atom. The van der Waals surface area contributed by atoms with Crippen LogP contribution in [0.2, 0.25) is 0 Å². The molecule has 1 rings (SSSR count). The van der Waals surface area contributed by atoms with Gasteiger partial charge in [0.1, 0.15) is 5.84 Å². The molecule has 3 heteroatoms. The number of hydrogen-bond acceptors (Lipinski definition) is 2. The molecule has 0 aromatic carbocycles. The lowest BCUT2D eigenvalue weighted by Gasteiger charge is -2.04. The molecule has 0 saturated carbocycles. The van der Waals surface area contributed by atoms with Gasteiger partial charge in [-0.2, -0.15) is 0 Å². The molecule has 0 spiro atoms. The highest BCUT2D eigenvalue weighted by atomic mass is 15.1. The van der Waals surface area contributed by atoms with E-state index in [4.69, 9.17) is 10.8 Å². The summed E-state index contributed by atoms with van der Waals surface area (Å²) in [5.41, 5.74) is 0.285. The zero-order valence-corrected chi connectivity index (χ0v) is 4.60. The zero-order valence-electron chi connectivity index (χ0n) is 4.60. The van der Waals surface area contributed by atoms with Gasteiger partial charge in [0.25, 0.3) is 0 Å². The molecule has 1 heterocycles. The fourth-order valence-corrected chi connectivity index (χ4v) is 0.530. The highest BCUT2D eigenvalue weighted by Crippen LogP contribution is 1.98. The van der Waals surface area contributed by atoms with E-state index in [1.54, 1.807) is 24.2 Å². The van der Waals surface area contributed by atoms with Crippen LogP contribution in [0.3, 0.4) is 0 Å². The summed E-state index contributed by atoms with van der Waals surface area (Å²) in [5.74, 6) is 0.269. The van der Waals surface area contributed by atoms with Gasteiger partial charge in [0.05, 0.1) is 5.71 Å². The summed E-state index contributed by atoms with van der Waals surface area (Å²) in [5, 5.41) is 14.1. The molecule has 0 unspecified atom stereocenters. The summed E-state index contributed by atoms with van der Waals surface area (Å²) in [6.45, 7) is 0. The summed E-state index contributed by atoms with van der Waals surface area (Å²) in [6, 6.07) is 0. The number of nitrogens with zero attached hydrogens (tertiary/aromatic N) is 1. The Morgan fingerprint density at radius 3 is 2.25 bits per heavy atom. The topological polar surface area (TPSA) is 50.9 Å². The third-order valence-corrected chi connectivity index (χ3v) is 1.07. The number of amidine groups is 1. The average molecular weight is 109 g/mol. The number of nitrogens with one attached hydrogen (secondary N) is 2. The molecule has 0 atom stereocenters. The Morgan fingerprint density at radius 2 is 2.12 bits per heavy atom. The summed E-state index contributed by atoms with van der Waals surface area (Å²) in [7, 11) is 1.75. The molecular formula is C5H7N3. The molecule has 0 bridgehead atoms. The predicted molar refractivity (Wildman–Crippen MR) is 32.4 cm³/mol. The third kappa shape index (κ3) is 0.521. The second-order valence-electron chi connectivity index (χ2n) is 1.69. The fraction of sp³-hybridized carbons (Fsp3) is 0.200. The Hall–Kier alpha value is -1.12. The van der Waals surface area contributed by atoms with Gasteiger partial charge >= 0.3 is 0 Å². The molecule has 0 radical (unpaired) electrons. The molecule has 0 aromatic rings. The van der Waals surface area contributed by atoms with Gasteiger partial charge in [-0.05, 0) is 6.08 Å². The molecule has 0 amide bonds. The van der Waals surface area contributed by atoms with Gasteiger partial charge in [0.15, 0.2) is 0 Å². The van der Waals surface area contributed by atoms with E-state index in [0.717, 1.165) is 0 Å². The Kier molecular flexibility index (Phi) is 0.901. The van der Waals surface area contributed by atoms with Crippen LogP contribution in [0.15, 0.2) is 12.3 Å². The van der Waals surface area contributed by atoms with Crippen molar-refractivity contribution in [1.29, 1.82) is 10.8 Å². The molecule has 3 nitrogen and oxygen atoms in total. The van der Waals surface area contributed by atoms with Gasteiger partial charge in [-0.3, -0.25) is 10.8 Å². The lowest BCUT2D eigenvalue weighted by atomic mass is 10.4. The van der Waals surface area contributed by atoms with E-state index in [-0.39, 0.29) is 11.5 Å². The van der Waals surface area contributed by atoms with E-state index in [1.165, 1.54) is 0 Å². The highest BCUT2D eigenvalue weighted by molar-refractivity contribution is 6.45. The van der Waals surface area contributed by atoms with Crippen molar-refractivity contribution in [2.45, 2.75) is 0 Å². The zero-order chi connectivity index (χ0) is 6.15. The standard InChI is InChI=1S/C5H7N3/c1-8-3-2-4(6)5(8)7/h2-3,6-7H,1H3. The molecule has 42 valence electrons. The van der Waals surface area contributed by atoms with E-state index >= 15 is 0 Å². The van der Waals surface area contributed by atoms with Crippen LogP contribution in [0.5, 0.6) is 0 Å². The summed E-state index contributed by atoms with van der Waals surface area (Å²) in [6.07, 6.45) is 3.30. The van der Waals surface area contributed by atoms with Crippen LogP contribution in [0.25, 0.3) is 0 Å². The maximum atomic E-state index is 7.10. The molecule has 1 aliphatic rings. The maximum absolute atomic E-state index is 7.10. The first-order valence-electron chi connectivity index (χ1n) is 2.30. The first-order chi connectivity index (χ1) is 3.72. The summed E-state index contributed by atoms with van der Waals surface area (Å²) in [4.78, 5) is 1.60. The molecule has 1 aliphatic heterocycles. The van der Waals surface area contributed by atoms with Gasteiger partial charge < -0.3 is 4.90 Å². The largest absolute Gasteiger partial charge is 0.335 e. The van der Waals surface area contributed by atoms with E-state index in [2.05, 4.69) is 0 Å². The van der Waals surface area contributed by atoms with E-state index in [0.29, 0.717) is 0 Å². The monoisotopic (exact) mass is 109 g/mol. The van der Waals surface area contributed by atoms with Crippen molar-refractivity contribution in [2.24, 2.45) is 0 Å². The van der Waals surface area contributed by atoms with Crippen LogP contribution < -0.4 is 0 Å². The van der Waals surface area contributed by atoms with Crippen molar-refractivity contribution in [2.75, 3.05) is 7.05 Å². The van der Waals surface area contributed by atoms with Crippen LogP contribution in [0.1, 0.15) is 0 Å². The first kappa shape index (κ1) is 5.03. The van der Waals surface area contributed by atoms with Crippen molar-refractivity contribution < 1.29 is 0 Å². The predicted octanol–water partition coefficient (Wildman–Crippen LogP) is 0.443. The van der Waals surface area contributed by atoms with E-state index < -0.39 is 0 Å². The van der Waals surface area contributed by atoms with Crippen molar-refractivity contribution in [1.82, 2.24) is 4.90 Å². The average Bonchev–Trinajstić information content (AvgIpc) is 1.98. The molecule has 0 fully saturated rings. The van der Waals surface area contributed by atoms with Gasteiger partial charge in [0.2, 0.25) is 0 Å². The van der Waals surface area contributed by atoms with Gasteiger partial charge in [-0.25, -0.2) is 0 Å². The van der Waals surface area contributed by atoms with Crippen molar-refractivity contribution in [3.05, 3.63) is 12.3 Å². The number of rotatable bonds is 0. The third-order valence-electron chi connectivity index (χ3n) is 1.07.